The highest BCUT2D eigenvalue weighted by Gasteiger charge is 2.26. The molecule has 18 heavy (non-hydrogen) atoms. The summed E-state index contributed by atoms with van der Waals surface area (Å²) in [6.07, 6.45) is 3.93. The van der Waals surface area contributed by atoms with Crippen molar-refractivity contribution >= 4 is 5.91 Å². The van der Waals surface area contributed by atoms with Gasteiger partial charge in [0, 0.05) is 24.8 Å². The quantitative estimate of drug-likeness (QED) is 0.891. The van der Waals surface area contributed by atoms with E-state index in [1.54, 1.807) is 0 Å². The highest BCUT2D eigenvalue weighted by Crippen LogP contribution is 2.22. The van der Waals surface area contributed by atoms with Crippen molar-refractivity contribution in [1.82, 2.24) is 4.90 Å². The number of benzene rings is 1. The highest BCUT2D eigenvalue weighted by molar-refractivity contribution is 5.94. The first-order valence-corrected chi connectivity index (χ1v) is 6.71. The van der Waals surface area contributed by atoms with E-state index in [1.807, 2.05) is 36.1 Å². The van der Waals surface area contributed by atoms with Crippen LogP contribution in [0.15, 0.2) is 24.3 Å². The number of hydrogen-bond acceptors (Lipinski definition) is 2. The molecule has 1 aromatic rings. The van der Waals surface area contributed by atoms with Crippen LogP contribution in [-0.4, -0.2) is 35.1 Å². The SMILES string of the molecule is Cc1cccc(C(=O)N2CCCC[C@@H]2CCO)c1. The maximum Gasteiger partial charge on any atom is 0.254 e. The zero-order chi connectivity index (χ0) is 13.0. The summed E-state index contributed by atoms with van der Waals surface area (Å²) >= 11 is 0. The van der Waals surface area contributed by atoms with E-state index in [1.165, 1.54) is 0 Å². The van der Waals surface area contributed by atoms with Crippen LogP contribution < -0.4 is 0 Å². The summed E-state index contributed by atoms with van der Waals surface area (Å²) in [6, 6.07) is 7.94. The lowest BCUT2D eigenvalue weighted by Crippen LogP contribution is -2.44. The Bertz CT molecular complexity index is 415. The molecule has 1 aromatic carbocycles. The minimum atomic E-state index is 0.108. The number of hydrogen-bond donors (Lipinski definition) is 1. The number of carbonyl (C=O) groups is 1. The van der Waals surface area contributed by atoms with Crippen molar-refractivity contribution in [3.05, 3.63) is 35.4 Å². The fourth-order valence-electron chi connectivity index (χ4n) is 2.66. The van der Waals surface area contributed by atoms with Gasteiger partial charge in [-0.2, -0.15) is 0 Å². The van der Waals surface area contributed by atoms with Crippen molar-refractivity contribution in [3.63, 3.8) is 0 Å². The number of rotatable bonds is 3. The van der Waals surface area contributed by atoms with E-state index >= 15 is 0 Å². The molecule has 1 atom stereocenters. The topological polar surface area (TPSA) is 40.5 Å². The van der Waals surface area contributed by atoms with Crippen molar-refractivity contribution in [3.8, 4) is 0 Å². The molecule has 3 nitrogen and oxygen atoms in total. The van der Waals surface area contributed by atoms with Gasteiger partial charge >= 0.3 is 0 Å². The Morgan fingerprint density at radius 3 is 3.00 bits per heavy atom. The Morgan fingerprint density at radius 2 is 2.28 bits per heavy atom. The maximum absolute atomic E-state index is 12.5. The van der Waals surface area contributed by atoms with Gasteiger partial charge in [-0.3, -0.25) is 4.79 Å². The van der Waals surface area contributed by atoms with Crippen LogP contribution in [0.3, 0.4) is 0 Å². The molecule has 1 aliphatic heterocycles. The number of nitrogens with zero attached hydrogens (tertiary/aromatic N) is 1. The van der Waals surface area contributed by atoms with Crippen LogP contribution in [0.25, 0.3) is 0 Å². The van der Waals surface area contributed by atoms with E-state index in [0.29, 0.717) is 6.42 Å². The average molecular weight is 247 g/mol. The standard InChI is InChI=1S/C15H21NO2/c1-12-5-4-6-13(11-12)15(18)16-9-3-2-7-14(16)8-10-17/h4-6,11,14,17H,2-3,7-10H2,1H3/t14-/m1/s1. The Hall–Kier alpha value is -1.35. The van der Waals surface area contributed by atoms with Crippen molar-refractivity contribution in [1.29, 1.82) is 0 Å². The minimum absolute atomic E-state index is 0.108. The molecule has 1 heterocycles. The Kier molecular flexibility index (Phi) is 4.37. The Labute approximate surface area is 108 Å². The normalized spacial score (nSPS) is 19.9. The van der Waals surface area contributed by atoms with E-state index in [9.17, 15) is 4.79 Å². The summed E-state index contributed by atoms with van der Waals surface area (Å²) in [6.45, 7) is 2.97. The van der Waals surface area contributed by atoms with Gasteiger partial charge in [0.05, 0.1) is 0 Å². The van der Waals surface area contributed by atoms with Crippen LogP contribution >= 0.6 is 0 Å². The third-order valence-electron chi connectivity index (χ3n) is 3.62. The molecular formula is C15H21NO2. The highest BCUT2D eigenvalue weighted by atomic mass is 16.3. The molecule has 1 amide bonds. The summed E-state index contributed by atoms with van der Waals surface area (Å²) in [4.78, 5) is 14.4. The molecule has 0 aromatic heterocycles. The monoisotopic (exact) mass is 247 g/mol. The molecular weight excluding hydrogens is 226 g/mol. The lowest BCUT2D eigenvalue weighted by Gasteiger charge is -2.35. The first-order chi connectivity index (χ1) is 8.72. The molecule has 0 aliphatic carbocycles. The van der Waals surface area contributed by atoms with Gasteiger partial charge in [-0.05, 0) is 44.7 Å². The first kappa shape index (κ1) is 13.1. The van der Waals surface area contributed by atoms with Gasteiger partial charge in [0.15, 0.2) is 0 Å². The van der Waals surface area contributed by atoms with Gasteiger partial charge in [0.2, 0.25) is 0 Å². The van der Waals surface area contributed by atoms with Crippen LogP contribution in [-0.2, 0) is 0 Å². The van der Waals surface area contributed by atoms with Crippen molar-refractivity contribution in [2.45, 2.75) is 38.6 Å². The number of likely N-dealkylation sites (tertiary alicyclic amines) is 1. The largest absolute Gasteiger partial charge is 0.396 e. The van der Waals surface area contributed by atoms with Gasteiger partial charge in [0.1, 0.15) is 0 Å². The third kappa shape index (κ3) is 2.91. The average Bonchev–Trinajstić information content (AvgIpc) is 2.39. The number of aryl methyl sites for hydroxylation is 1. The molecule has 3 heteroatoms. The van der Waals surface area contributed by atoms with Crippen LogP contribution in [0, 0.1) is 6.92 Å². The van der Waals surface area contributed by atoms with Crippen molar-refractivity contribution in [2.24, 2.45) is 0 Å². The Morgan fingerprint density at radius 1 is 1.44 bits per heavy atom. The van der Waals surface area contributed by atoms with E-state index in [4.69, 9.17) is 5.11 Å². The summed E-state index contributed by atoms with van der Waals surface area (Å²) in [7, 11) is 0. The van der Waals surface area contributed by atoms with Gasteiger partial charge < -0.3 is 10.0 Å². The summed E-state index contributed by atoms with van der Waals surface area (Å²) < 4.78 is 0. The van der Waals surface area contributed by atoms with Crippen molar-refractivity contribution < 1.29 is 9.90 Å². The van der Waals surface area contributed by atoms with Gasteiger partial charge in [0.25, 0.3) is 5.91 Å². The van der Waals surface area contributed by atoms with Gasteiger partial charge in [-0.1, -0.05) is 17.7 Å². The van der Waals surface area contributed by atoms with E-state index in [2.05, 4.69) is 0 Å². The van der Waals surface area contributed by atoms with E-state index in [-0.39, 0.29) is 18.6 Å². The van der Waals surface area contributed by atoms with Crippen LogP contribution in [0.1, 0.15) is 41.6 Å². The second-order valence-corrected chi connectivity index (χ2v) is 5.03. The molecule has 1 N–H and O–H groups in total. The number of piperidine rings is 1. The van der Waals surface area contributed by atoms with Gasteiger partial charge in [-0.15, -0.1) is 0 Å². The lowest BCUT2D eigenvalue weighted by atomic mass is 9.98. The molecule has 0 saturated carbocycles. The first-order valence-electron chi connectivity index (χ1n) is 6.71. The van der Waals surface area contributed by atoms with Crippen molar-refractivity contribution in [2.75, 3.05) is 13.2 Å². The number of aliphatic hydroxyl groups is 1. The summed E-state index contributed by atoms with van der Waals surface area (Å²) in [5.74, 6) is 0.108. The van der Waals surface area contributed by atoms with E-state index in [0.717, 1.165) is 36.9 Å². The smallest absolute Gasteiger partial charge is 0.254 e. The molecule has 0 spiro atoms. The Balaban J connectivity index is 2.15. The maximum atomic E-state index is 12.5. The number of amides is 1. The number of aliphatic hydroxyl groups excluding tert-OH is 1. The number of carbonyl (C=O) groups excluding carboxylic acids is 1. The molecule has 1 fully saturated rings. The van der Waals surface area contributed by atoms with Gasteiger partial charge in [-0.25, -0.2) is 0 Å². The summed E-state index contributed by atoms with van der Waals surface area (Å²) in [5.41, 5.74) is 1.87. The molecule has 98 valence electrons. The summed E-state index contributed by atoms with van der Waals surface area (Å²) in [5, 5.41) is 9.09. The molecule has 1 aliphatic rings. The fourth-order valence-corrected chi connectivity index (χ4v) is 2.66. The zero-order valence-electron chi connectivity index (χ0n) is 10.9. The van der Waals surface area contributed by atoms with Crippen LogP contribution in [0.2, 0.25) is 0 Å². The second kappa shape index (κ2) is 6.01. The molecule has 1 saturated heterocycles. The fraction of sp³-hybridized carbons (Fsp3) is 0.533. The van der Waals surface area contributed by atoms with Crippen LogP contribution in [0.5, 0.6) is 0 Å². The molecule has 2 rings (SSSR count). The third-order valence-corrected chi connectivity index (χ3v) is 3.62. The lowest BCUT2D eigenvalue weighted by molar-refractivity contribution is 0.0574. The molecule has 0 bridgehead atoms. The molecule has 0 radical (unpaired) electrons. The zero-order valence-corrected chi connectivity index (χ0v) is 10.9. The van der Waals surface area contributed by atoms with E-state index < -0.39 is 0 Å². The molecule has 0 unspecified atom stereocenters. The van der Waals surface area contributed by atoms with Crippen LogP contribution in [0.4, 0.5) is 0 Å². The predicted molar refractivity (Wildman–Crippen MR) is 71.6 cm³/mol. The second-order valence-electron chi connectivity index (χ2n) is 5.03. The minimum Gasteiger partial charge on any atom is -0.396 e. The predicted octanol–water partition coefficient (Wildman–Crippen LogP) is 2.37.